The van der Waals surface area contributed by atoms with E-state index in [1.807, 2.05) is 51.2 Å². The smallest absolute Gasteiger partial charge is 0.410 e. The monoisotopic (exact) mass is 552 g/mol. The van der Waals surface area contributed by atoms with E-state index < -0.39 is 5.60 Å². The number of likely N-dealkylation sites (tertiary alicyclic amines) is 1. The van der Waals surface area contributed by atoms with Gasteiger partial charge in [-0.05, 0) is 66.8 Å². The van der Waals surface area contributed by atoms with Crippen LogP contribution < -0.4 is 0 Å². The van der Waals surface area contributed by atoms with Crippen molar-refractivity contribution in [2.45, 2.75) is 64.4 Å². The van der Waals surface area contributed by atoms with E-state index in [2.05, 4.69) is 60.7 Å². The molecule has 2 atom stereocenters. The molecule has 1 aliphatic rings. The molecule has 6 heteroatoms. The first-order valence-electron chi connectivity index (χ1n) is 14.5. The van der Waals surface area contributed by atoms with Crippen LogP contribution in [0, 0.1) is 0 Å². The number of fused-ring (bicyclic) bond motifs is 1. The van der Waals surface area contributed by atoms with Crippen molar-refractivity contribution in [2.24, 2.45) is 0 Å². The molecule has 1 aromatic heterocycles. The van der Waals surface area contributed by atoms with E-state index >= 15 is 0 Å². The van der Waals surface area contributed by atoms with Gasteiger partial charge in [-0.2, -0.15) is 0 Å². The van der Waals surface area contributed by atoms with E-state index in [-0.39, 0.29) is 18.1 Å². The summed E-state index contributed by atoms with van der Waals surface area (Å²) in [5.41, 5.74) is 3.87. The van der Waals surface area contributed by atoms with E-state index in [1.165, 1.54) is 16.3 Å². The summed E-state index contributed by atoms with van der Waals surface area (Å²) < 4.78 is 18.1. The molecule has 4 aromatic rings. The van der Waals surface area contributed by atoms with Gasteiger partial charge in [-0.3, -0.25) is 4.98 Å². The minimum Gasteiger partial charge on any atom is -0.444 e. The van der Waals surface area contributed by atoms with Gasteiger partial charge in [0.1, 0.15) is 5.60 Å². The Morgan fingerprint density at radius 1 is 0.902 bits per heavy atom. The maximum absolute atomic E-state index is 12.9. The molecule has 3 aromatic carbocycles. The van der Waals surface area contributed by atoms with E-state index in [1.54, 1.807) is 4.90 Å². The van der Waals surface area contributed by atoms with Crippen LogP contribution in [0.4, 0.5) is 4.79 Å². The van der Waals surface area contributed by atoms with Crippen molar-refractivity contribution in [2.75, 3.05) is 19.7 Å². The average Bonchev–Trinajstić information content (AvgIpc) is 2.98. The van der Waals surface area contributed by atoms with Gasteiger partial charge in [-0.15, -0.1) is 0 Å². The second-order valence-electron chi connectivity index (χ2n) is 11.7. The molecule has 214 valence electrons. The highest BCUT2D eigenvalue weighted by molar-refractivity contribution is 5.82. The summed E-state index contributed by atoms with van der Waals surface area (Å²) in [5.74, 6) is 0.130. The van der Waals surface area contributed by atoms with Crippen LogP contribution in [-0.4, -0.2) is 47.4 Å². The molecule has 2 heterocycles. The Kier molecular flexibility index (Phi) is 9.32. The van der Waals surface area contributed by atoms with Crippen LogP contribution in [0.2, 0.25) is 0 Å². The lowest BCUT2D eigenvalue weighted by atomic mass is 9.87. The Morgan fingerprint density at radius 3 is 2.44 bits per heavy atom. The van der Waals surface area contributed by atoms with Crippen LogP contribution in [0.15, 0.2) is 91.1 Å². The Hall–Kier alpha value is -3.74. The minimum atomic E-state index is -0.542. The van der Waals surface area contributed by atoms with E-state index in [4.69, 9.17) is 19.2 Å². The molecule has 0 aliphatic carbocycles. The fourth-order valence-corrected chi connectivity index (χ4v) is 5.24. The third-order valence-corrected chi connectivity index (χ3v) is 7.38. The van der Waals surface area contributed by atoms with Crippen molar-refractivity contribution < 1.29 is 19.0 Å². The van der Waals surface area contributed by atoms with Crippen molar-refractivity contribution in [1.29, 1.82) is 0 Å². The first-order chi connectivity index (χ1) is 19.8. The van der Waals surface area contributed by atoms with E-state index in [0.717, 1.165) is 29.7 Å². The number of benzene rings is 3. The molecule has 2 unspecified atom stereocenters. The summed E-state index contributed by atoms with van der Waals surface area (Å²) in [4.78, 5) is 19.4. The van der Waals surface area contributed by atoms with E-state index in [0.29, 0.717) is 32.9 Å². The molecule has 0 bridgehead atoms. The zero-order valence-electron chi connectivity index (χ0n) is 24.3. The van der Waals surface area contributed by atoms with Gasteiger partial charge in [0, 0.05) is 30.8 Å². The number of carbonyl (C=O) groups excluding carboxylic acids is 1. The molecule has 41 heavy (non-hydrogen) atoms. The van der Waals surface area contributed by atoms with Crippen molar-refractivity contribution in [1.82, 2.24) is 9.88 Å². The largest absolute Gasteiger partial charge is 0.444 e. The van der Waals surface area contributed by atoms with Crippen molar-refractivity contribution in [3.05, 3.63) is 114 Å². The minimum absolute atomic E-state index is 0.130. The van der Waals surface area contributed by atoms with Crippen LogP contribution in [0.1, 0.15) is 55.5 Å². The first-order valence-corrected chi connectivity index (χ1v) is 14.5. The standard InChI is InChI=1S/C35H40N2O4/c1-35(2,3)41-34(38)37-19-17-32(33(23-37)40-25-27-13-14-28-11-7-8-12-29(28)21-27)30-15-16-31(36-22-30)18-20-39-24-26-9-5-4-6-10-26/h4-16,21-22,32-33H,17-20,23-25H2,1-3H3. The molecule has 0 saturated carbocycles. The number of amides is 1. The van der Waals surface area contributed by atoms with Crippen molar-refractivity contribution >= 4 is 16.9 Å². The highest BCUT2D eigenvalue weighted by atomic mass is 16.6. The Bertz CT molecular complexity index is 1420. The van der Waals surface area contributed by atoms with Gasteiger partial charge in [0.05, 0.1) is 32.5 Å². The Labute approximate surface area is 243 Å². The molecule has 1 saturated heterocycles. The first kappa shape index (κ1) is 28.8. The lowest BCUT2D eigenvalue weighted by Crippen LogP contribution is -2.48. The average molecular weight is 553 g/mol. The zero-order chi connectivity index (χ0) is 28.7. The topological polar surface area (TPSA) is 60.9 Å². The number of hydrogen-bond acceptors (Lipinski definition) is 5. The van der Waals surface area contributed by atoms with Gasteiger partial charge in [0.2, 0.25) is 0 Å². The third-order valence-electron chi connectivity index (χ3n) is 7.38. The maximum atomic E-state index is 12.9. The summed E-state index contributed by atoms with van der Waals surface area (Å²) >= 11 is 0. The molecule has 1 fully saturated rings. The quantitative estimate of drug-likeness (QED) is 0.204. The number of pyridine rings is 1. The van der Waals surface area contributed by atoms with Gasteiger partial charge in [0.15, 0.2) is 0 Å². The highest BCUT2D eigenvalue weighted by Gasteiger charge is 2.35. The van der Waals surface area contributed by atoms with Crippen LogP contribution in [0.3, 0.4) is 0 Å². The van der Waals surface area contributed by atoms with Crippen molar-refractivity contribution in [3.63, 3.8) is 0 Å². The predicted octanol–water partition coefficient (Wildman–Crippen LogP) is 7.30. The molecule has 0 N–H and O–H groups in total. The van der Waals surface area contributed by atoms with Gasteiger partial charge in [0.25, 0.3) is 0 Å². The number of nitrogens with zero attached hydrogens (tertiary/aromatic N) is 2. The fourth-order valence-electron chi connectivity index (χ4n) is 5.24. The van der Waals surface area contributed by atoms with Gasteiger partial charge in [-0.25, -0.2) is 4.79 Å². The summed E-state index contributed by atoms with van der Waals surface area (Å²) in [6.07, 6.45) is 3.03. The van der Waals surface area contributed by atoms with Crippen LogP contribution >= 0.6 is 0 Å². The van der Waals surface area contributed by atoms with Crippen LogP contribution in [-0.2, 0) is 33.8 Å². The summed E-state index contributed by atoms with van der Waals surface area (Å²) in [7, 11) is 0. The SMILES string of the molecule is CC(C)(C)OC(=O)N1CCC(c2ccc(CCOCc3ccccc3)nc2)C(OCc2ccc3ccccc3c2)C1. The number of rotatable bonds is 9. The number of aromatic nitrogens is 1. The lowest BCUT2D eigenvalue weighted by molar-refractivity contribution is -0.0360. The Morgan fingerprint density at radius 2 is 1.68 bits per heavy atom. The molecule has 0 spiro atoms. The summed E-state index contributed by atoms with van der Waals surface area (Å²) in [5, 5.41) is 2.40. The van der Waals surface area contributed by atoms with Crippen LogP contribution in [0.5, 0.6) is 0 Å². The number of carbonyl (C=O) groups is 1. The number of hydrogen-bond donors (Lipinski definition) is 0. The third kappa shape index (κ3) is 8.15. The predicted molar refractivity (Wildman–Crippen MR) is 162 cm³/mol. The normalized spacial score (nSPS) is 17.5. The molecule has 5 rings (SSSR count). The Balaban J connectivity index is 1.24. The number of piperidine rings is 1. The molecule has 1 amide bonds. The lowest BCUT2D eigenvalue weighted by Gasteiger charge is -2.39. The van der Waals surface area contributed by atoms with Gasteiger partial charge < -0.3 is 19.1 Å². The molecular formula is C35H40N2O4. The highest BCUT2D eigenvalue weighted by Crippen LogP contribution is 2.32. The fraction of sp³-hybridized carbons (Fsp3) is 0.371. The van der Waals surface area contributed by atoms with Crippen LogP contribution in [0.25, 0.3) is 10.8 Å². The summed E-state index contributed by atoms with van der Waals surface area (Å²) in [6.45, 7) is 8.46. The van der Waals surface area contributed by atoms with Gasteiger partial charge >= 0.3 is 6.09 Å². The number of ether oxygens (including phenoxy) is 3. The van der Waals surface area contributed by atoms with Gasteiger partial charge in [-0.1, -0.05) is 72.8 Å². The zero-order valence-corrected chi connectivity index (χ0v) is 24.3. The molecule has 1 aliphatic heterocycles. The molecule has 0 radical (unpaired) electrons. The van der Waals surface area contributed by atoms with Crippen molar-refractivity contribution in [3.8, 4) is 0 Å². The second kappa shape index (κ2) is 13.3. The summed E-state index contributed by atoms with van der Waals surface area (Å²) in [6, 6.07) is 29.2. The maximum Gasteiger partial charge on any atom is 0.410 e. The second-order valence-corrected chi connectivity index (χ2v) is 11.7. The molecule has 6 nitrogen and oxygen atoms in total. The van der Waals surface area contributed by atoms with E-state index in [9.17, 15) is 4.79 Å². The molecular weight excluding hydrogens is 512 g/mol.